The number of amides is 1. The fourth-order valence-corrected chi connectivity index (χ4v) is 3.04. The number of anilines is 2. The second-order valence-corrected chi connectivity index (χ2v) is 6.33. The summed E-state index contributed by atoms with van der Waals surface area (Å²) in [6, 6.07) is 1.83. The van der Waals surface area contributed by atoms with Crippen LogP contribution in [-0.4, -0.2) is 70.2 Å². The van der Waals surface area contributed by atoms with E-state index in [1.807, 2.05) is 11.0 Å². The SMILES string of the molecule is CNc1cc(N2CCC(O)(CN(C)C(=O)c3ncoc3C)C2)ncn1. The van der Waals surface area contributed by atoms with Gasteiger partial charge in [-0.3, -0.25) is 4.79 Å². The van der Waals surface area contributed by atoms with Crippen LogP contribution in [0.15, 0.2) is 23.2 Å². The molecule has 0 aromatic carbocycles. The predicted octanol–water partition coefficient (Wildman–Crippen LogP) is 0.528. The molecule has 0 aliphatic carbocycles. The van der Waals surface area contributed by atoms with Crippen LogP contribution in [0.3, 0.4) is 0 Å². The number of nitrogens with zero attached hydrogens (tertiary/aromatic N) is 5. The molecule has 3 rings (SSSR count). The molecule has 1 amide bonds. The molecule has 0 spiro atoms. The fourth-order valence-electron chi connectivity index (χ4n) is 3.04. The quantitative estimate of drug-likeness (QED) is 0.807. The fraction of sp³-hybridized carbons (Fsp3) is 0.500. The largest absolute Gasteiger partial charge is 0.448 e. The van der Waals surface area contributed by atoms with Crippen molar-refractivity contribution >= 4 is 17.5 Å². The zero-order valence-corrected chi connectivity index (χ0v) is 14.6. The van der Waals surface area contributed by atoms with Gasteiger partial charge in [-0.15, -0.1) is 0 Å². The van der Waals surface area contributed by atoms with Crippen molar-refractivity contribution in [3.63, 3.8) is 0 Å². The van der Waals surface area contributed by atoms with Crippen LogP contribution in [0, 0.1) is 6.92 Å². The maximum absolute atomic E-state index is 12.4. The molecule has 1 fully saturated rings. The van der Waals surface area contributed by atoms with Crippen LogP contribution in [0.1, 0.15) is 22.7 Å². The molecule has 1 aliphatic rings. The lowest BCUT2D eigenvalue weighted by Crippen LogP contribution is -2.46. The lowest BCUT2D eigenvalue weighted by molar-refractivity contribution is 0.0261. The number of carbonyl (C=O) groups excluding carboxylic acids is 1. The molecule has 0 radical (unpaired) electrons. The summed E-state index contributed by atoms with van der Waals surface area (Å²) in [5.41, 5.74) is -0.734. The Bertz CT molecular complexity index is 764. The summed E-state index contributed by atoms with van der Waals surface area (Å²) in [7, 11) is 3.44. The highest BCUT2D eigenvalue weighted by molar-refractivity contribution is 5.93. The molecular weight excluding hydrogens is 324 g/mol. The molecule has 1 unspecified atom stereocenters. The summed E-state index contributed by atoms with van der Waals surface area (Å²) in [5.74, 6) is 1.67. The second-order valence-electron chi connectivity index (χ2n) is 6.33. The predicted molar refractivity (Wildman–Crippen MR) is 91.6 cm³/mol. The number of nitrogens with one attached hydrogen (secondary N) is 1. The Morgan fingerprint density at radius 3 is 2.96 bits per heavy atom. The maximum Gasteiger partial charge on any atom is 0.275 e. The Kier molecular flexibility index (Phi) is 4.58. The van der Waals surface area contributed by atoms with Crippen LogP contribution >= 0.6 is 0 Å². The molecule has 0 saturated carbocycles. The molecule has 2 N–H and O–H groups in total. The molecule has 3 heterocycles. The number of hydrogen-bond donors (Lipinski definition) is 2. The van der Waals surface area contributed by atoms with E-state index in [2.05, 4.69) is 20.3 Å². The number of β-amino-alcohol motifs (C(OH)–C–C–N with tert-alkyl or cyclic N) is 1. The van der Waals surface area contributed by atoms with Gasteiger partial charge in [0.2, 0.25) is 0 Å². The van der Waals surface area contributed by atoms with E-state index in [0.29, 0.717) is 31.1 Å². The molecule has 1 aliphatic heterocycles. The first-order valence-corrected chi connectivity index (χ1v) is 8.04. The van der Waals surface area contributed by atoms with Crippen molar-refractivity contribution in [3.8, 4) is 0 Å². The summed E-state index contributed by atoms with van der Waals surface area (Å²) in [6.45, 7) is 2.94. The highest BCUT2D eigenvalue weighted by Crippen LogP contribution is 2.27. The Morgan fingerprint density at radius 1 is 1.48 bits per heavy atom. The highest BCUT2D eigenvalue weighted by Gasteiger charge is 2.39. The van der Waals surface area contributed by atoms with Gasteiger partial charge in [-0.2, -0.15) is 0 Å². The van der Waals surface area contributed by atoms with Crippen LogP contribution in [-0.2, 0) is 0 Å². The smallest absolute Gasteiger partial charge is 0.275 e. The molecule has 9 nitrogen and oxygen atoms in total. The summed E-state index contributed by atoms with van der Waals surface area (Å²) < 4.78 is 5.08. The number of oxazole rings is 1. The van der Waals surface area contributed by atoms with Crippen molar-refractivity contribution in [1.29, 1.82) is 0 Å². The molecule has 1 saturated heterocycles. The first-order chi connectivity index (χ1) is 11.9. The van der Waals surface area contributed by atoms with Gasteiger partial charge >= 0.3 is 0 Å². The second kappa shape index (κ2) is 6.67. The number of likely N-dealkylation sites (N-methyl/N-ethyl adjacent to an activating group) is 1. The average Bonchev–Trinajstić information content (AvgIpc) is 3.20. The van der Waals surface area contributed by atoms with Gasteiger partial charge in [0.15, 0.2) is 12.1 Å². The van der Waals surface area contributed by atoms with Crippen molar-refractivity contribution in [2.75, 3.05) is 43.9 Å². The van der Waals surface area contributed by atoms with Gasteiger partial charge in [0.25, 0.3) is 5.91 Å². The van der Waals surface area contributed by atoms with Gasteiger partial charge in [-0.25, -0.2) is 15.0 Å². The van der Waals surface area contributed by atoms with E-state index in [4.69, 9.17) is 4.42 Å². The number of aryl methyl sites for hydroxylation is 1. The minimum absolute atomic E-state index is 0.207. The Hall–Kier alpha value is -2.68. The highest BCUT2D eigenvalue weighted by atomic mass is 16.3. The third kappa shape index (κ3) is 3.55. The van der Waals surface area contributed by atoms with Gasteiger partial charge in [0, 0.05) is 33.3 Å². The van der Waals surface area contributed by atoms with Crippen LogP contribution in [0.2, 0.25) is 0 Å². The summed E-state index contributed by atoms with van der Waals surface area (Å²) in [4.78, 5) is 28.2. The zero-order chi connectivity index (χ0) is 18.0. The van der Waals surface area contributed by atoms with Gasteiger partial charge in [-0.05, 0) is 13.3 Å². The van der Waals surface area contributed by atoms with Gasteiger partial charge in [0.05, 0.1) is 6.54 Å². The molecule has 0 bridgehead atoms. The van der Waals surface area contributed by atoms with E-state index in [1.54, 1.807) is 21.0 Å². The van der Waals surface area contributed by atoms with E-state index >= 15 is 0 Å². The lowest BCUT2D eigenvalue weighted by atomic mass is 10.0. The van der Waals surface area contributed by atoms with E-state index in [-0.39, 0.29) is 18.1 Å². The van der Waals surface area contributed by atoms with Crippen LogP contribution in [0.25, 0.3) is 0 Å². The van der Waals surface area contributed by atoms with Crippen molar-refractivity contribution < 1.29 is 14.3 Å². The molecule has 25 heavy (non-hydrogen) atoms. The van der Waals surface area contributed by atoms with Crippen molar-refractivity contribution in [2.45, 2.75) is 18.9 Å². The summed E-state index contributed by atoms with van der Waals surface area (Å²) in [5, 5.41) is 13.9. The van der Waals surface area contributed by atoms with E-state index in [0.717, 1.165) is 5.82 Å². The van der Waals surface area contributed by atoms with E-state index in [1.165, 1.54) is 17.6 Å². The van der Waals surface area contributed by atoms with Gasteiger partial charge in [-0.1, -0.05) is 0 Å². The molecule has 134 valence electrons. The normalized spacial score (nSPS) is 19.9. The average molecular weight is 346 g/mol. The first-order valence-electron chi connectivity index (χ1n) is 8.04. The number of hydrogen-bond acceptors (Lipinski definition) is 8. The molecule has 2 aromatic heterocycles. The molecular formula is C16H22N6O3. The molecule has 2 aromatic rings. The van der Waals surface area contributed by atoms with Gasteiger partial charge < -0.3 is 24.6 Å². The Labute approximate surface area is 145 Å². The van der Waals surface area contributed by atoms with Crippen molar-refractivity contribution in [1.82, 2.24) is 19.9 Å². The maximum atomic E-state index is 12.4. The minimum atomic E-state index is -1.01. The van der Waals surface area contributed by atoms with Gasteiger partial charge in [0.1, 0.15) is 29.3 Å². The van der Waals surface area contributed by atoms with E-state index < -0.39 is 5.60 Å². The van der Waals surface area contributed by atoms with Crippen molar-refractivity contribution in [3.05, 3.63) is 30.2 Å². The monoisotopic (exact) mass is 346 g/mol. The topological polar surface area (TPSA) is 108 Å². The lowest BCUT2D eigenvalue weighted by Gasteiger charge is -2.28. The minimum Gasteiger partial charge on any atom is -0.448 e. The number of aliphatic hydroxyl groups is 1. The summed E-state index contributed by atoms with van der Waals surface area (Å²) >= 11 is 0. The van der Waals surface area contributed by atoms with Crippen molar-refractivity contribution in [2.24, 2.45) is 0 Å². The summed E-state index contributed by atoms with van der Waals surface area (Å²) in [6.07, 6.45) is 3.28. The van der Waals surface area contributed by atoms with E-state index in [9.17, 15) is 9.90 Å². The standard InChI is InChI=1S/C16H22N6O3/c1-11-14(20-10-25-11)15(23)21(3)7-16(24)4-5-22(8-16)13-6-12(17-2)18-9-19-13/h6,9-10,24H,4-5,7-8H2,1-3H3,(H,17,18,19). The molecule has 9 heteroatoms. The molecule has 1 atom stereocenters. The number of carbonyl (C=O) groups is 1. The van der Waals surface area contributed by atoms with Crippen LogP contribution in [0.5, 0.6) is 0 Å². The number of rotatable bonds is 5. The first kappa shape index (κ1) is 17.2. The third-order valence-corrected chi connectivity index (χ3v) is 4.39. The Morgan fingerprint density at radius 2 is 2.28 bits per heavy atom. The zero-order valence-electron chi connectivity index (χ0n) is 14.6. The van der Waals surface area contributed by atoms with Crippen LogP contribution < -0.4 is 10.2 Å². The Balaban J connectivity index is 1.67. The van der Waals surface area contributed by atoms with Crippen LogP contribution in [0.4, 0.5) is 11.6 Å². The number of aromatic nitrogens is 3. The third-order valence-electron chi connectivity index (χ3n) is 4.39.